The molecule has 0 saturated carbocycles. The molecular formula is C28H27ClO5S. The van der Waals surface area contributed by atoms with Gasteiger partial charge in [0.2, 0.25) is 0 Å². The van der Waals surface area contributed by atoms with Gasteiger partial charge < -0.3 is 14.2 Å². The SMILES string of the molecule is COc1ccc(Cc2ccc(S(=O)(=O)Cl)cc2)c2c(OCCCOCc3ccccc3)cccc12. The highest BCUT2D eigenvalue weighted by atomic mass is 35.7. The minimum Gasteiger partial charge on any atom is -0.496 e. The zero-order valence-electron chi connectivity index (χ0n) is 19.4. The molecule has 0 aliphatic carbocycles. The average molecular weight is 511 g/mol. The molecule has 0 unspecified atom stereocenters. The monoisotopic (exact) mass is 510 g/mol. The summed E-state index contributed by atoms with van der Waals surface area (Å²) in [7, 11) is 3.35. The Morgan fingerprint density at radius 2 is 1.54 bits per heavy atom. The number of methoxy groups -OCH3 is 1. The normalized spacial score (nSPS) is 11.5. The summed E-state index contributed by atoms with van der Waals surface area (Å²) in [6.45, 7) is 1.71. The predicted octanol–water partition coefficient (Wildman–Crippen LogP) is 6.35. The molecule has 0 atom stereocenters. The number of fused-ring (bicyclic) bond motifs is 1. The zero-order valence-corrected chi connectivity index (χ0v) is 21.0. The van der Waals surface area contributed by atoms with Crippen LogP contribution in [-0.2, 0) is 26.8 Å². The maximum atomic E-state index is 11.6. The van der Waals surface area contributed by atoms with E-state index in [9.17, 15) is 8.42 Å². The molecule has 35 heavy (non-hydrogen) atoms. The fourth-order valence-electron chi connectivity index (χ4n) is 3.96. The van der Waals surface area contributed by atoms with E-state index in [4.69, 9.17) is 24.9 Å². The lowest BCUT2D eigenvalue weighted by Crippen LogP contribution is -2.04. The minimum atomic E-state index is -3.75. The molecule has 0 aromatic heterocycles. The fraction of sp³-hybridized carbons (Fsp3) is 0.214. The first-order chi connectivity index (χ1) is 17.0. The van der Waals surface area contributed by atoms with Crippen LogP contribution in [0.15, 0.2) is 89.8 Å². The van der Waals surface area contributed by atoms with Crippen molar-refractivity contribution in [2.45, 2.75) is 24.3 Å². The molecule has 4 rings (SSSR count). The molecule has 4 aromatic carbocycles. The lowest BCUT2D eigenvalue weighted by atomic mass is 9.97. The standard InChI is InChI=1S/C28H27ClO5S/c1-32-26-16-13-23(19-21-11-14-24(15-12-21)35(29,30)31)28-25(26)9-5-10-27(28)34-18-6-17-33-20-22-7-3-2-4-8-22/h2-5,7-16H,6,17-20H2,1H3. The van der Waals surface area contributed by atoms with Crippen LogP contribution in [0.3, 0.4) is 0 Å². The second-order valence-corrected chi connectivity index (χ2v) is 10.7. The molecule has 0 aliphatic heterocycles. The van der Waals surface area contributed by atoms with E-state index >= 15 is 0 Å². The van der Waals surface area contributed by atoms with Gasteiger partial charge in [-0.05, 0) is 47.4 Å². The molecule has 0 heterocycles. The Balaban J connectivity index is 1.48. The minimum absolute atomic E-state index is 0.0843. The molecule has 0 radical (unpaired) electrons. The Kier molecular flexibility index (Phi) is 8.29. The summed E-state index contributed by atoms with van der Waals surface area (Å²) in [6.07, 6.45) is 1.36. The number of benzene rings is 4. The summed E-state index contributed by atoms with van der Waals surface area (Å²) in [5.41, 5.74) is 3.17. The molecule has 0 fully saturated rings. The van der Waals surface area contributed by atoms with Gasteiger partial charge in [-0.2, -0.15) is 0 Å². The van der Waals surface area contributed by atoms with Crippen molar-refractivity contribution in [1.29, 1.82) is 0 Å². The molecule has 4 aromatic rings. The third-order valence-electron chi connectivity index (χ3n) is 5.67. The fourth-order valence-corrected chi connectivity index (χ4v) is 4.73. The lowest BCUT2D eigenvalue weighted by molar-refractivity contribution is 0.107. The molecule has 7 heteroatoms. The Morgan fingerprint density at radius 1 is 0.771 bits per heavy atom. The van der Waals surface area contributed by atoms with E-state index in [2.05, 4.69) is 0 Å². The van der Waals surface area contributed by atoms with Crippen LogP contribution in [0, 0.1) is 0 Å². The Bertz CT molecular complexity index is 1370. The first-order valence-electron chi connectivity index (χ1n) is 11.3. The van der Waals surface area contributed by atoms with E-state index in [-0.39, 0.29) is 4.90 Å². The van der Waals surface area contributed by atoms with Crippen LogP contribution in [0.5, 0.6) is 11.5 Å². The predicted molar refractivity (Wildman–Crippen MR) is 139 cm³/mol. The quantitative estimate of drug-likeness (QED) is 0.174. The molecule has 5 nitrogen and oxygen atoms in total. The van der Waals surface area contributed by atoms with Crippen molar-refractivity contribution in [3.8, 4) is 11.5 Å². The highest BCUT2D eigenvalue weighted by Crippen LogP contribution is 2.36. The number of hydrogen-bond acceptors (Lipinski definition) is 5. The summed E-state index contributed by atoms with van der Waals surface area (Å²) in [5.74, 6) is 1.54. The van der Waals surface area contributed by atoms with Crippen molar-refractivity contribution in [2.75, 3.05) is 20.3 Å². The molecule has 0 N–H and O–H groups in total. The largest absolute Gasteiger partial charge is 0.496 e. The molecule has 182 valence electrons. The summed E-state index contributed by atoms with van der Waals surface area (Å²) in [5, 5.41) is 1.94. The molecule has 0 spiro atoms. The van der Waals surface area contributed by atoms with Crippen molar-refractivity contribution in [2.24, 2.45) is 0 Å². The highest BCUT2D eigenvalue weighted by Gasteiger charge is 2.14. The summed E-state index contributed by atoms with van der Waals surface area (Å²) in [4.78, 5) is 0.0843. The zero-order chi connectivity index (χ0) is 24.7. The molecule has 0 aliphatic rings. The third-order valence-corrected chi connectivity index (χ3v) is 7.04. The average Bonchev–Trinajstić information content (AvgIpc) is 2.86. The smallest absolute Gasteiger partial charge is 0.261 e. The van der Waals surface area contributed by atoms with Crippen molar-refractivity contribution in [3.63, 3.8) is 0 Å². The Hall–Kier alpha value is -3.06. The van der Waals surface area contributed by atoms with Gasteiger partial charge in [-0.25, -0.2) is 8.42 Å². The van der Waals surface area contributed by atoms with Crippen LogP contribution in [-0.4, -0.2) is 28.7 Å². The second kappa shape index (κ2) is 11.6. The van der Waals surface area contributed by atoms with Crippen molar-refractivity contribution < 1.29 is 22.6 Å². The first-order valence-corrected chi connectivity index (χ1v) is 13.6. The maximum Gasteiger partial charge on any atom is 0.261 e. The number of rotatable bonds is 11. The van der Waals surface area contributed by atoms with E-state index < -0.39 is 9.05 Å². The highest BCUT2D eigenvalue weighted by molar-refractivity contribution is 8.13. The summed E-state index contributed by atoms with van der Waals surface area (Å²) in [6, 6.07) is 26.6. The van der Waals surface area contributed by atoms with Crippen molar-refractivity contribution >= 4 is 30.5 Å². The number of hydrogen-bond donors (Lipinski definition) is 0. The van der Waals surface area contributed by atoms with Gasteiger partial charge in [0.1, 0.15) is 11.5 Å². The maximum absolute atomic E-state index is 11.6. The lowest BCUT2D eigenvalue weighted by Gasteiger charge is -2.16. The van der Waals surface area contributed by atoms with Crippen LogP contribution in [0.4, 0.5) is 0 Å². The van der Waals surface area contributed by atoms with Gasteiger partial charge in [-0.15, -0.1) is 0 Å². The van der Waals surface area contributed by atoms with Crippen LogP contribution >= 0.6 is 10.7 Å². The topological polar surface area (TPSA) is 61.8 Å². The van der Waals surface area contributed by atoms with Gasteiger partial charge in [0.15, 0.2) is 0 Å². The van der Waals surface area contributed by atoms with E-state index in [1.54, 1.807) is 19.2 Å². The Labute approximate surface area is 210 Å². The summed E-state index contributed by atoms with van der Waals surface area (Å²) < 4.78 is 40.6. The molecule has 0 saturated heterocycles. The van der Waals surface area contributed by atoms with Crippen LogP contribution in [0.25, 0.3) is 10.8 Å². The van der Waals surface area contributed by atoms with Crippen LogP contribution in [0.1, 0.15) is 23.1 Å². The van der Waals surface area contributed by atoms with Crippen LogP contribution in [0.2, 0.25) is 0 Å². The molecule has 0 bridgehead atoms. The van der Waals surface area contributed by atoms with Crippen LogP contribution < -0.4 is 9.47 Å². The van der Waals surface area contributed by atoms with E-state index in [1.807, 2.05) is 60.7 Å². The van der Waals surface area contributed by atoms with Gasteiger partial charge in [0.05, 0.1) is 31.8 Å². The van der Waals surface area contributed by atoms with Crippen molar-refractivity contribution in [3.05, 3.63) is 102 Å². The van der Waals surface area contributed by atoms with Crippen molar-refractivity contribution in [1.82, 2.24) is 0 Å². The van der Waals surface area contributed by atoms with Gasteiger partial charge >= 0.3 is 0 Å². The van der Waals surface area contributed by atoms with Gasteiger partial charge in [-0.1, -0.05) is 60.7 Å². The van der Waals surface area contributed by atoms with E-state index in [0.717, 1.165) is 45.4 Å². The van der Waals surface area contributed by atoms with Gasteiger partial charge in [0, 0.05) is 27.9 Å². The first kappa shape index (κ1) is 25.0. The number of halogens is 1. The van der Waals surface area contributed by atoms with E-state index in [0.29, 0.717) is 26.2 Å². The third kappa shape index (κ3) is 6.54. The molecule has 0 amide bonds. The second-order valence-electron chi connectivity index (χ2n) is 8.10. The van der Waals surface area contributed by atoms with Gasteiger partial charge in [0.25, 0.3) is 9.05 Å². The summed E-state index contributed by atoms with van der Waals surface area (Å²) >= 11 is 0. The van der Waals surface area contributed by atoms with E-state index in [1.165, 1.54) is 12.1 Å². The molecular weight excluding hydrogens is 484 g/mol. The Morgan fingerprint density at radius 3 is 2.26 bits per heavy atom. The number of ether oxygens (including phenoxy) is 3. The van der Waals surface area contributed by atoms with Gasteiger partial charge in [-0.3, -0.25) is 0 Å².